The summed E-state index contributed by atoms with van der Waals surface area (Å²) in [5, 5.41) is 17.7. The number of hydrogen-bond acceptors (Lipinski definition) is 3. The van der Waals surface area contributed by atoms with E-state index in [1.165, 1.54) is 0 Å². The maximum Gasteiger partial charge on any atom is 0.0910 e. The van der Waals surface area contributed by atoms with Gasteiger partial charge in [0.05, 0.1) is 11.8 Å². The van der Waals surface area contributed by atoms with Gasteiger partial charge in [0.25, 0.3) is 0 Å². The maximum atomic E-state index is 10.3. The van der Waals surface area contributed by atoms with E-state index in [2.05, 4.69) is 24.3 Å². The molecule has 1 aromatic rings. The van der Waals surface area contributed by atoms with Gasteiger partial charge in [-0.15, -0.1) is 0 Å². The molecule has 1 rings (SSSR count). The lowest BCUT2D eigenvalue weighted by molar-refractivity contribution is 0.0478. The molecule has 0 aliphatic heterocycles. The molecule has 0 spiro atoms. The monoisotopic (exact) mass is 225 g/mol. The minimum atomic E-state index is -0.793. The van der Waals surface area contributed by atoms with Crippen LogP contribution in [0.3, 0.4) is 0 Å². The fourth-order valence-electron chi connectivity index (χ4n) is 1.57. The quantitative estimate of drug-likeness (QED) is 0.717. The van der Waals surface area contributed by atoms with Crippen LogP contribution in [0.25, 0.3) is 0 Å². The van der Waals surface area contributed by atoms with E-state index in [0.29, 0.717) is 12.3 Å². The van der Waals surface area contributed by atoms with Crippen LogP contribution in [0.2, 0.25) is 0 Å². The molecule has 4 heteroatoms. The van der Waals surface area contributed by atoms with Gasteiger partial charge in [-0.25, -0.2) is 0 Å². The van der Waals surface area contributed by atoms with Gasteiger partial charge in [0.15, 0.2) is 0 Å². The highest BCUT2D eigenvalue weighted by atomic mass is 16.3. The van der Waals surface area contributed by atoms with Crippen LogP contribution in [-0.4, -0.2) is 28.0 Å². The highest BCUT2D eigenvalue weighted by Gasteiger charge is 2.23. The molecule has 0 aromatic carbocycles. The summed E-state index contributed by atoms with van der Waals surface area (Å²) < 4.78 is 1.71. The number of rotatable bonds is 6. The molecule has 0 radical (unpaired) electrons. The molecule has 1 aromatic heterocycles. The standard InChI is InChI=1S/C12H23N3O/c1-10(2)7-13-6-5-12(3,16)11-8-14-15(4)9-11/h8-10,13,16H,5-7H2,1-4H3. The Morgan fingerprint density at radius 1 is 1.56 bits per heavy atom. The molecule has 4 nitrogen and oxygen atoms in total. The lowest BCUT2D eigenvalue weighted by Crippen LogP contribution is -2.29. The van der Waals surface area contributed by atoms with Crippen LogP contribution in [0.15, 0.2) is 12.4 Å². The average molecular weight is 225 g/mol. The van der Waals surface area contributed by atoms with Gasteiger partial charge in [0.2, 0.25) is 0 Å². The number of aliphatic hydroxyl groups is 1. The van der Waals surface area contributed by atoms with Gasteiger partial charge in [-0.05, 0) is 32.4 Å². The summed E-state index contributed by atoms with van der Waals surface area (Å²) in [5.41, 5.74) is 0.0828. The normalized spacial score (nSPS) is 15.4. The molecule has 0 saturated carbocycles. The van der Waals surface area contributed by atoms with Gasteiger partial charge in [-0.1, -0.05) is 13.8 Å². The third-order valence-electron chi connectivity index (χ3n) is 2.67. The zero-order chi connectivity index (χ0) is 12.2. The SMILES string of the molecule is CC(C)CNCCC(C)(O)c1cnn(C)c1. The first-order valence-corrected chi connectivity index (χ1v) is 5.84. The first-order valence-electron chi connectivity index (χ1n) is 5.84. The number of nitrogens with one attached hydrogen (secondary N) is 1. The van der Waals surface area contributed by atoms with E-state index < -0.39 is 5.60 Å². The second kappa shape index (κ2) is 5.46. The Balaban J connectivity index is 2.40. The van der Waals surface area contributed by atoms with E-state index in [1.807, 2.05) is 20.2 Å². The Morgan fingerprint density at radius 2 is 2.25 bits per heavy atom. The maximum absolute atomic E-state index is 10.3. The smallest absolute Gasteiger partial charge is 0.0910 e. The molecule has 0 amide bonds. The van der Waals surface area contributed by atoms with Gasteiger partial charge in [-0.3, -0.25) is 4.68 Å². The lowest BCUT2D eigenvalue weighted by atomic mass is 9.95. The fourth-order valence-corrected chi connectivity index (χ4v) is 1.57. The summed E-state index contributed by atoms with van der Waals surface area (Å²) >= 11 is 0. The van der Waals surface area contributed by atoms with Crippen molar-refractivity contribution in [3.63, 3.8) is 0 Å². The Bertz CT molecular complexity index is 318. The minimum absolute atomic E-state index is 0.642. The van der Waals surface area contributed by atoms with Crippen LogP contribution in [0.5, 0.6) is 0 Å². The third kappa shape index (κ3) is 3.94. The summed E-state index contributed by atoms with van der Waals surface area (Å²) in [6.45, 7) is 7.99. The van der Waals surface area contributed by atoms with Crippen LogP contribution in [0.4, 0.5) is 0 Å². The molecule has 0 aliphatic rings. The molecular formula is C12H23N3O. The second-order valence-corrected chi connectivity index (χ2v) is 5.02. The molecule has 1 heterocycles. The molecule has 0 saturated heterocycles. The van der Waals surface area contributed by atoms with Crippen molar-refractivity contribution in [2.24, 2.45) is 13.0 Å². The van der Waals surface area contributed by atoms with Gasteiger partial charge in [0.1, 0.15) is 0 Å². The highest BCUT2D eigenvalue weighted by molar-refractivity contribution is 5.13. The average Bonchev–Trinajstić information content (AvgIpc) is 2.60. The van der Waals surface area contributed by atoms with Crippen molar-refractivity contribution in [2.75, 3.05) is 13.1 Å². The Hall–Kier alpha value is -0.870. The Labute approximate surface area is 97.7 Å². The predicted molar refractivity (Wildman–Crippen MR) is 65.1 cm³/mol. The topological polar surface area (TPSA) is 50.1 Å². The number of aromatic nitrogens is 2. The summed E-state index contributed by atoms with van der Waals surface area (Å²) in [6.07, 6.45) is 4.29. The van der Waals surface area contributed by atoms with Crippen molar-refractivity contribution in [3.05, 3.63) is 18.0 Å². The minimum Gasteiger partial charge on any atom is -0.385 e. The molecule has 0 aliphatic carbocycles. The van der Waals surface area contributed by atoms with E-state index in [1.54, 1.807) is 10.9 Å². The summed E-state index contributed by atoms with van der Waals surface area (Å²) in [4.78, 5) is 0. The molecule has 1 atom stereocenters. The van der Waals surface area contributed by atoms with Crippen LogP contribution >= 0.6 is 0 Å². The van der Waals surface area contributed by atoms with E-state index in [-0.39, 0.29) is 0 Å². The van der Waals surface area contributed by atoms with Crippen LogP contribution in [0, 0.1) is 5.92 Å². The first-order chi connectivity index (χ1) is 7.42. The summed E-state index contributed by atoms with van der Waals surface area (Å²) in [5.74, 6) is 0.642. The molecule has 92 valence electrons. The lowest BCUT2D eigenvalue weighted by Gasteiger charge is -2.22. The summed E-state index contributed by atoms with van der Waals surface area (Å²) in [7, 11) is 1.86. The number of nitrogens with zero attached hydrogens (tertiary/aromatic N) is 2. The number of hydrogen-bond donors (Lipinski definition) is 2. The number of aryl methyl sites for hydroxylation is 1. The Morgan fingerprint density at radius 3 is 2.75 bits per heavy atom. The van der Waals surface area contributed by atoms with Crippen molar-refractivity contribution < 1.29 is 5.11 Å². The zero-order valence-corrected chi connectivity index (χ0v) is 10.7. The van der Waals surface area contributed by atoms with Gasteiger partial charge in [0, 0.05) is 18.8 Å². The molecule has 16 heavy (non-hydrogen) atoms. The fraction of sp³-hybridized carbons (Fsp3) is 0.750. The highest BCUT2D eigenvalue weighted by Crippen LogP contribution is 2.22. The predicted octanol–water partition coefficient (Wildman–Crippen LogP) is 1.26. The molecule has 2 N–H and O–H groups in total. The zero-order valence-electron chi connectivity index (χ0n) is 10.7. The van der Waals surface area contributed by atoms with Crippen LogP contribution in [-0.2, 0) is 12.6 Å². The molecular weight excluding hydrogens is 202 g/mol. The van der Waals surface area contributed by atoms with Crippen molar-refractivity contribution in [1.29, 1.82) is 0 Å². The molecule has 0 fully saturated rings. The second-order valence-electron chi connectivity index (χ2n) is 5.02. The van der Waals surface area contributed by atoms with Crippen molar-refractivity contribution in [1.82, 2.24) is 15.1 Å². The van der Waals surface area contributed by atoms with Crippen molar-refractivity contribution in [3.8, 4) is 0 Å². The van der Waals surface area contributed by atoms with E-state index in [0.717, 1.165) is 18.7 Å². The first kappa shape index (κ1) is 13.2. The largest absolute Gasteiger partial charge is 0.385 e. The third-order valence-corrected chi connectivity index (χ3v) is 2.67. The molecule has 0 bridgehead atoms. The van der Waals surface area contributed by atoms with E-state index in [4.69, 9.17) is 0 Å². The van der Waals surface area contributed by atoms with Gasteiger partial charge >= 0.3 is 0 Å². The Kier molecular flexibility index (Phi) is 4.50. The van der Waals surface area contributed by atoms with E-state index in [9.17, 15) is 5.11 Å². The van der Waals surface area contributed by atoms with Gasteiger partial charge in [-0.2, -0.15) is 5.10 Å². The van der Waals surface area contributed by atoms with Crippen molar-refractivity contribution in [2.45, 2.75) is 32.8 Å². The summed E-state index contributed by atoms with van der Waals surface area (Å²) in [6, 6.07) is 0. The van der Waals surface area contributed by atoms with Crippen LogP contribution < -0.4 is 5.32 Å². The molecule has 1 unspecified atom stereocenters. The van der Waals surface area contributed by atoms with Gasteiger partial charge < -0.3 is 10.4 Å². The van der Waals surface area contributed by atoms with Crippen molar-refractivity contribution >= 4 is 0 Å². The van der Waals surface area contributed by atoms with Crippen LogP contribution in [0.1, 0.15) is 32.8 Å². The van der Waals surface area contributed by atoms with E-state index >= 15 is 0 Å².